The molecule has 0 radical (unpaired) electrons. The van der Waals surface area contributed by atoms with Gasteiger partial charge in [0, 0.05) is 0 Å². The molecular weight excluding hydrogens is 528 g/mol. The van der Waals surface area contributed by atoms with E-state index in [1.807, 2.05) is 0 Å². The van der Waals surface area contributed by atoms with Crippen LogP contribution in [0.2, 0.25) is 0 Å². The first-order valence-corrected chi connectivity index (χ1v) is 15.3. The Morgan fingerprint density at radius 3 is 1.02 bits per heavy atom. The summed E-state index contributed by atoms with van der Waals surface area (Å²) >= 11 is 0. The van der Waals surface area contributed by atoms with Gasteiger partial charge in [-0.1, -0.05) is 78.9 Å². The average molecular weight is 555 g/mol. The summed E-state index contributed by atoms with van der Waals surface area (Å²) in [4.78, 5) is 0. The van der Waals surface area contributed by atoms with Gasteiger partial charge in [-0.3, -0.25) is 0 Å². The van der Waals surface area contributed by atoms with Gasteiger partial charge in [0.2, 0.25) is 0 Å². The summed E-state index contributed by atoms with van der Waals surface area (Å²) in [6.45, 7) is 0. The van der Waals surface area contributed by atoms with E-state index in [-0.39, 0.29) is 0 Å². The molecule has 0 saturated carbocycles. The van der Waals surface area contributed by atoms with Gasteiger partial charge in [0.25, 0.3) is 0 Å². The van der Waals surface area contributed by atoms with Crippen molar-refractivity contribution in [3.05, 3.63) is 158 Å². The number of hydrogen-bond acceptors (Lipinski definition) is 0. The molecule has 10 rings (SSSR count). The second-order valence-electron chi connectivity index (χ2n) is 12.3. The quantitative estimate of drug-likeness (QED) is 0.177. The highest BCUT2D eigenvalue weighted by Crippen LogP contribution is 2.37. The van der Waals surface area contributed by atoms with Crippen LogP contribution in [0, 0.1) is 0 Å². The third-order valence-corrected chi connectivity index (χ3v) is 9.58. The summed E-state index contributed by atoms with van der Waals surface area (Å²) in [7, 11) is 0. The third-order valence-electron chi connectivity index (χ3n) is 9.58. The summed E-state index contributed by atoms with van der Waals surface area (Å²) in [5.74, 6) is 0. The molecule has 0 aliphatic heterocycles. The molecule has 0 bridgehead atoms. The molecule has 0 heterocycles. The first-order chi connectivity index (χ1) is 21.7. The highest BCUT2D eigenvalue weighted by Gasteiger charge is 2.10. The first kappa shape index (κ1) is 23.8. The lowest BCUT2D eigenvalue weighted by Crippen LogP contribution is -1.85. The highest BCUT2D eigenvalue weighted by atomic mass is 14.1. The maximum absolute atomic E-state index is 2.38. The zero-order valence-corrected chi connectivity index (χ0v) is 24.0. The van der Waals surface area contributed by atoms with E-state index in [0.29, 0.717) is 0 Å². The lowest BCUT2D eigenvalue weighted by Gasteiger charge is -2.12. The van der Waals surface area contributed by atoms with Crippen LogP contribution in [0.5, 0.6) is 0 Å². The lowest BCUT2D eigenvalue weighted by molar-refractivity contribution is 1.70. The Morgan fingerprint density at radius 1 is 0.205 bits per heavy atom. The van der Waals surface area contributed by atoms with Gasteiger partial charge in [-0.05, 0) is 176 Å². The van der Waals surface area contributed by atoms with Crippen molar-refractivity contribution in [2.45, 2.75) is 0 Å². The SMILES string of the molecule is c1ccc2cc3cc4cc5cc(-c6cccc7cc8cc9cc%10ccccc%10cc9cc8cc67)ccc5cc4cc3cc2c1. The first-order valence-electron chi connectivity index (χ1n) is 15.3. The average Bonchev–Trinajstić information content (AvgIpc) is 3.05. The van der Waals surface area contributed by atoms with E-state index in [0.717, 1.165) is 0 Å². The van der Waals surface area contributed by atoms with Crippen LogP contribution in [-0.2, 0) is 0 Å². The van der Waals surface area contributed by atoms with Crippen molar-refractivity contribution < 1.29 is 0 Å². The van der Waals surface area contributed by atoms with Crippen LogP contribution < -0.4 is 0 Å². The summed E-state index contributed by atoms with van der Waals surface area (Å²) in [6.07, 6.45) is 0. The van der Waals surface area contributed by atoms with E-state index in [2.05, 4.69) is 158 Å². The zero-order valence-electron chi connectivity index (χ0n) is 24.0. The largest absolute Gasteiger partial charge is 0.0616 e. The van der Waals surface area contributed by atoms with Crippen LogP contribution in [0.4, 0.5) is 0 Å². The van der Waals surface area contributed by atoms with Gasteiger partial charge in [0.15, 0.2) is 0 Å². The van der Waals surface area contributed by atoms with Gasteiger partial charge < -0.3 is 0 Å². The maximum Gasteiger partial charge on any atom is -0.00990 e. The molecule has 0 fully saturated rings. The Hall–Kier alpha value is -5.72. The summed E-state index contributed by atoms with van der Waals surface area (Å²) in [5.41, 5.74) is 2.52. The van der Waals surface area contributed by atoms with E-state index in [9.17, 15) is 0 Å². The maximum atomic E-state index is 2.38. The number of fused-ring (bicyclic) bond motifs is 8. The van der Waals surface area contributed by atoms with E-state index in [1.165, 1.54) is 97.3 Å². The van der Waals surface area contributed by atoms with Crippen molar-refractivity contribution in [1.29, 1.82) is 0 Å². The number of benzene rings is 10. The number of hydrogen-bond donors (Lipinski definition) is 0. The summed E-state index contributed by atoms with van der Waals surface area (Å²) < 4.78 is 0. The predicted molar refractivity (Wildman–Crippen MR) is 192 cm³/mol. The van der Waals surface area contributed by atoms with E-state index < -0.39 is 0 Å². The standard InChI is InChI=1S/C44H26/c1-2-8-29-16-37-24-41-21-34-20-33(13-12-31(34)18-39(41)22-35(37)14-27(29)6-1)43-11-5-10-32-19-40-23-36-15-28-7-3-4-9-30(28)17-38(36)25-42(40)26-44(32)43/h1-26H. The Balaban J connectivity index is 1.14. The van der Waals surface area contributed by atoms with Crippen molar-refractivity contribution in [2.75, 3.05) is 0 Å². The van der Waals surface area contributed by atoms with Gasteiger partial charge in [-0.15, -0.1) is 0 Å². The summed E-state index contributed by atoms with van der Waals surface area (Å²) in [5, 5.41) is 20.5. The van der Waals surface area contributed by atoms with Crippen molar-refractivity contribution >= 4 is 86.2 Å². The Kier molecular flexibility index (Phi) is 4.81. The highest BCUT2D eigenvalue weighted by molar-refractivity contribution is 6.12. The van der Waals surface area contributed by atoms with Gasteiger partial charge in [-0.25, -0.2) is 0 Å². The normalized spacial score (nSPS) is 12.1. The van der Waals surface area contributed by atoms with E-state index in [1.54, 1.807) is 0 Å². The monoisotopic (exact) mass is 554 g/mol. The van der Waals surface area contributed by atoms with Crippen molar-refractivity contribution in [3.8, 4) is 11.1 Å². The van der Waals surface area contributed by atoms with Crippen LogP contribution in [0.3, 0.4) is 0 Å². The molecule has 0 saturated heterocycles. The molecule has 10 aromatic carbocycles. The molecule has 0 amide bonds. The van der Waals surface area contributed by atoms with Crippen molar-refractivity contribution in [1.82, 2.24) is 0 Å². The predicted octanol–water partition coefficient (Wildman–Crippen LogP) is 12.6. The molecule has 0 aliphatic rings. The molecule has 44 heavy (non-hydrogen) atoms. The molecule has 202 valence electrons. The lowest BCUT2D eigenvalue weighted by atomic mass is 9.92. The minimum atomic E-state index is 1.25. The second-order valence-corrected chi connectivity index (χ2v) is 12.3. The fourth-order valence-corrected chi connectivity index (χ4v) is 7.33. The molecule has 0 aromatic heterocycles. The molecule has 0 atom stereocenters. The Labute approximate surface area is 254 Å². The van der Waals surface area contributed by atoms with Gasteiger partial charge in [-0.2, -0.15) is 0 Å². The second kappa shape index (κ2) is 8.89. The fraction of sp³-hybridized carbons (Fsp3) is 0. The topological polar surface area (TPSA) is 0 Å². The molecule has 10 aromatic rings. The van der Waals surface area contributed by atoms with Crippen LogP contribution in [0.1, 0.15) is 0 Å². The van der Waals surface area contributed by atoms with Crippen LogP contribution in [0.15, 0.2) is 158 Å². The molecular formula is C44H26. The smallest absolute Gasteiger partial charge is 0.00990 e. The minimum Gasteiger partial charge on any atom is -0.0616 e. The molecule has 0 spiro atoms. The molecule has 0 N–H and O–H groups in total. The third kappa shape index (κ3) is 3.65. The van der Waals surface area contributed by atoms with E-state index >= 15 is 0 Å². The molecule has 0 nitrogen and oxygen atoms in total. The fourth-order valence-electron chi connectivity index (χ4n) is 7.33. The molecule has 0 aliphatic carbocycles. The zero-order chi connectivity index (χ0) is 28.8. The van der Waals surface area contributed by atoms with Crippen molar-refractivity contribution in [3.63, 3.8) is 0 Å². The molecule has 0 heteroatoms. The molecule has 0 unspecified atom stereocenters. The van der Waals surface area contributed by atoms with Crippen LogP contribution >= 0.6 is 0 Å². The van der Waals surface area contributed by atoms with E-state index in [4.69, 9.17) is 0 Å². The Bertz CT molecular complexity index is 2820. The van der Waals surface area contributed by atoms with Gasteiger partial charge in [0.1, 0.15) is 0 Å². The Morgan fingerprint density at radius 2 is 0.545 bits per heavy atom. The van der Waals surface area contributed by atoms with Gasteiger partial charge in [0.05, 0.1) is 0 Å². The number of rotatable bonds is 1. The minimum absolute atomic E-state index is 1.25. The summed E-state index contributed by atoms with van der Waals surface area (Å²) in [6, 6.07) is 59.0. The van der Waals surface area contributed by atoms with Gasteiger partial charge >= 0.3 is 0 Å². The van der Waals surface area contributed by atoms with Crippen LogP contribution in [-0.4, -0.2) is 0 Å². The van der Waals surface area contributed by atoms with Crippen LogP contribution in [0.25, 0.3) is 97.3 Å². The van der Waals surface area contributed by atoms with Crippen molar-refractivity contribution in [2.24, 2.45) is 0 Å².